The summed E-state index contributed by atoms with van der Waals surface area (Å²) in [5.74, 6) is -0.259. The molecule has 0 saturated heterocycles. The fourth-order valence-corrected chi connectivity index (χ4v) is 4.88. The summed E-state index contributed by atoms with van der Waals surface area (Å²) in [4.78, 5) is 45.7. The lowest BCUT2D eigenvalue weighted by Crippen LogP contribution is -2.23. The number of carbonyl (C=O) groups excluding carboxylic acids is 4. The van der Waals surface area contributed by atoms with Crippen LogP contribution in [0.2, 0.25) is 0 Å². The number of ether oxygens (including phenoxy) is 7. The molecule has 12 nitrogen and oxygen atoms in total. The second-order valence-corrected chi connectivity index (χ2v) is 12.3. The molecule has 4 aromatic rings. The molecule has 0 aliphatic heterocycles. The molecule has 2 atom stereocenters. The third kappa shape index (κ3) is 17.8. The molecule has 292 valence electrons. The van der Waals surface area contributed by atoms with Gasteiger partial charge < -0.3 is 33.2 Å². The quantitative estimate of drug-likeness (QED) is 0.0658. The normalized spacial score (nSPS) is 11.1. The average Bonchev–Trinajstić information content (AvgIpc) is 3.16. The molecular formula is C43H49NO11. The number of nitrogens with zero attached hydrogens (tertiary/aromatic N) is 1. The lowest BCUT2D eigenvalue weighted by Gasteiger charge is -2.13. The topological polar surface area (TPSA) is 157 Å². The Kier molecular flexibility index (Phi) is 19.6. The maximum absolute atomic E-state index is 12.0. The van der Waals surface area contributed by atoms with Crippen LogP contribution in [0.3, 0.4) is 0 Å². The van der Waals surface area contributed by atoms with Gasteiger partial charge in [0.25, 0.3) is 6.26 Å². The van der Waals surface area contributed by atoms with Crippen LogP contribution in [0.5, 0.6) is 5.75 Å². The minimum absolute atomic E-state index is 0. The highest BCUT2D eigenvalue weighted by molar-refractivity contribution is 5.73. The first-order chi connectivity index (χ1) is 26.0. The highest BCUT2D eigenvalue weighted by Crippen LogP contribution is 2.17. The SMILES string of the molecule is C.COC(=O)OCC(C)OC(=O)Cc1ccc(Cc2ccc(C)cc2)cc1.COC(=O)OCC(C)OC(=O)Cc1ccc(Cc2ccc(OC#N)cc2)cc1. The molecule has 4 rings (SSSR count). The van der Waals surface area contributed by atoms with E-state index in [4.69, 9.17) is 28.9 Å². The van der Waals surface area contributed by atoms with E-state index in [1.54, 1.807) is 32.2 Å². The Balaban J connectivity index is 0.000000374. The molecule has 0 N–H and O–H groups in total. The van der Waals surface area contributed by atoms with Crippen LogP contribution in [0.1, 0.15) is 60.2 Å². The molecule has 0 amide bonds. The fourth-order valence-electron chi connectivity index (χ4n) is 4.88. The van der Waals surface area contributed by atoms with Crippen LogP contribution in [0.15, 0.2) is 97.1 Å². The molecule has 0 aromatic heterocycles. The largest absolute Gasteiger partial charge is 0.508 e. The summed E-state index contributed by atoms with van der Waals surface area (Å²) in [6.07, 6.45) is 0.823. The van der Waals surface area contributed by atoms with Crippen molar-refractivity contribution >= 4 is 24.2 Å². The summed E-state index contributed by atoms with van der Waals surface area (Å²) in [7, 11) is 2.43. The van der Waals surface area contributed by atoms with E-state index in [1.165, 1.54) is 30.9 Å². The van der Waals surface area contributed by atoms with Gasteiger partial charge in [-0.1, -0.05) is 97.9 Å². The molecular weight excluding hydrogens is 706 g/mol. The maximum Gasteiger partial charge on any atom is 0.508 e. The van der Waals surface area contributed by atoms with Crippen molar-refractivity contribution in [1.29, 1.82) is 5.26 Å². The molecule has 0 heterocycles. The fraction of sp³-hybridized carbons (Fsp3) is 0.326. The predicted molar refractivity (Wildman–Crippen MR) is 204 cm³/mol. The van der Waals surface area contributed by atoms with Crippen molar-refractivity contribution in [3.8, 4) is 12.0 Å². The van der Waals surface area contributed by atoms with Crippen LogP contribution in [-0.2, 0) is 63.7 Å². The van der Waals surface area contributed by atoms with Gasteiger partial charge in [0.2, 0.25) is 0 Å². The number of carbonyl (C=O) groups is 4. The van der Waals surface area contributed by atoms with Crippen molar-refractivity contribution in [3.63, 3.8) is 0 Å². The van der Waals surface area contributed by atoms with Gasteiger partial charge in [0, 0.05) is 0 Å². The van der Waals surface area contributed by atoms with Crippen molar-refractivity contribution in [2.45, 2.75) is 66.1 Å². The molecule has 0 radical (unpaired) electrons. The zero-order valence-electron chi connectivity index (χ0n) is 31.1. The zero-order valence-corrected chi connectivity index (χ0v) is 31.1. The number of nitriles is 1. The van der Waals surface area contributed by atoms with Gasteiger partial charge in [-0.25, -0.2) is 9.59 Å². The molecule has 0 spiro atoms. The maximum atomic E-state index is 12.0. The van der Waals surface area contributed by atoms with E-state index >= 15 is 0 Å². The first kappa shape index (κ1) is 44.8. The van der Waals surface area contributed by atoms with E-state index in [9.17, 15) is 19.2 Å². The molecule has 4 aromatic carbocycles. The van der Waals surface area contributed by atoms with E-state index < -0.39 is 30.5 Å². The second-order valence-electron chi connectivity index (χ2n) is 12.3. The molecule has 0 aliphatic rings. The lowest BCUT2D eigenvalue weighted by atomic mass is 10.0. The minimum atomic E-state index is -0.814. The van der Waals surface area contributed by atoms with Crippen LogP contribution in [0.25, 0.3) is 0 Å². The van der Waals surface area contributed by atoms with Gasteiger partial charge in [0.1, 0.15) is 31.2 Å². The third-order valence-electron chi connectivity index (χ3n) is 7.64. The molecule has 0 fully saturated rings. The standard InChI is InChI=1S/C21H21NO6.C21H24O5.CH4/c1-15(13-26-21(24)25-2)28-20(23)12-18-5-3-16(4-6-18)11-17-7-9-19(10-8-17)27-14-22;1-15-4-6-17(7-5-15)12-18-8-10-19(11-9-18)13-20(22)26-16(2)14-25-21(23)24-3;/h3-10,15H,11-13H2,1-2H3;4-11,16H,12-14H2,1-3H3;1H4. The Bertz CT molecular complexity index is 1820. The number of hydrogen-bond donors (Lipinski definition) is 0. The van der Waals surface area contributed by atoms with E-state index in [-0.39, 0.29) is 39.5 Å². The predicted octanol–water partition coefficient (Wildman–Crippen LogP) is 7.87. The summed E-state index contributed by atoms with van der Waals surface area (Å²) in [6, 6.07) is 31.3. The first-order valence-electron chi connectivity index (χ1n) is 17.1. The Hall–Kier alpha value is -6.35. The van der Waals surface area contributed by atoms with Gasteiger partial charge in [-0.3, -0.25) is 9.59 Å². The van der Waals surface area contributed by atoms with Crippen LogP contribution in [0.4, 0.5) is 9.59 Å². The van der Waals surface area contributed by atoms with Crippen molar-refractivity contribution in [3.05, 3.63) is 136 Å². The van der Waals surface area contributed by atoms with Gasteiger partial charge in [0.05, 0.1) is 27.1 Å². The van der Waals surface area contributed by atoms with E-state index in [0.717, 1.165) is 35.1 Å². The van der Waals surface area contributed by atoms with Crippen molar-refractivity contribution in [1.82, 2.24) is 0 Å². The van der Waals surface area contributed by atoms with Crippen LogP contribution < -0.4 is 4.74 Å². The Morgan fingerprint density at radius 2 is 0.891 bits per heavy atom. The smallest absolute Gasteiger partial charge is 0.459 e. The van der Waals surface area contributed by atoms with Gasteiger partial charge >= 0.3 is 24.2 Å². The number of hydrogen-bond acceptors (Lipinski definition) is 12. The third-order valence-corrected chi connectivity index (χ3v) is 7.64. The molecule has 55 heavy (non-hydrogen) atoms. The molecule has 12 heteroatoms. The second kappa shape index (κ2) is 24.1. The van der Waals surface area contributed by atoms with Crippen LogP contribution in [-0.4, -0.2) is 63.9 Å². The van der Waals surface area contributed by atoms with E-state index in [1.807, 2.05) is 60.7 Å². The number of benzene rings is 4. The van der Waals surface area contributed by atoms with Crippen molar-refractivity contribution in [2.75, 3.05) is 27.4 Å². The monoisotopic (exact) mass is 755 g/mol. The number of rotatable bonds is 15. The van der Waals surface area contributed by atoms with Gasteiger partial charge in [0.15, 0.2) is 0 Å². The summed E-state index contributed by atoms with van der Waals surface area (Å²) >= 11 is 0. The van der Waals surface area contributed by atoms with Crippen molar-refractivity contribution < 1.29 is 52.3 Å². The summed E-state index contributed by atoms with van der Waals surface area (Å²) in [6.45, 7) is 5.27. The summed E-state index contributed by atoms with van der Waals surface area (Å²) in [5, 5.41) is 8.49. The Morgan fingerprint density at radius 3 is 1.24 bits per heavy atom. The van der Waals surface area contributed by atoms with Crippen LogP contribution in [0, 0.1) is 18.4 Å². The van der Waals surface area contributed by atoms with Gasteiger partial charge in [-0.2, -0.15) is 0 Å². The molecule has 0 aliphatic carbocycles. The zero-order chi connectivity index (χ0) is 39.3. The Labute approximate surface area is 322 Å². The van der Waals surface area contributed by atoms with Gasteiger partial charge in [-0.15, -0.1) is 5.26 Å². The summed E-state index contributed by atoms with van der Waals surface area (Å²) in [5.41, 5.74) is 7.56. The van der Waals surface area contributed by atoms with Crippen molar-refractivity contribution in [2.24, 2.45) is 0 Å². The van der Waals surface area contributed by atoms with E-state index in [2.05, 4.69) is 40.7 Å². The number of esters is 2. The first-order valence-corrected chi connectivity index (χ1v) is 17.1. The molecule has 0 saturated carbocycles. The van der Waals surface area contributed by atoms with E-state index in [0.29, 0.717) is 5.75 Å². The Morgan fingerprint density at radius 1 is 0.564 bits per heavy atom. The van der Waals surface area contributed by atoms with Crippen LogP contribution >= 0.6 is 0 Å². The van der Waals surface area contributed by atoms with Gasteiger partial charge in [-0.05, 0) is 79.1 Å². The molecule has 0 bridgehead atoms. The molecule has 2 unspecified atom stereocenters. The highest BCUT2D eigenvalue weighted by atomic mass is 16.7. The highest BCUT2D eigenvalue weighted by Gasteiger charge is 2.14. The minimum Gasteiger partial charge on any atom is -0.459 e. The number of methoxy groups -OCH3 is 2. The lowest BCUT2D eigenvalue weighted by molar-refractivity contribution is -0.150. The summed E-state index contributed by atoms with van der Waals surface area (Å²) < 4.78 is 33.4. The average molecular weight is 756 g/mol. The number of aryl methyl sites for hydroxylation is 1.